The number of ether oxygens (including phenoxy) is 1. The molecule has 0 amide bonds. The molecule has 0 aliphatic rings. The number of nitro groups is 1. The average molecular weight is 295 g/mol. The second kappa shape index (κ2) is 6.15. The maximum atomic E-state index is 11.3. The van der Waals surface area contributed by atoms with E-state index < -0.39 is 10.9 Å². The summed E-state index contributed by atoms with van der Waals surface area (Å²) in [7, 11) is 0. The summed E-state index contributed by atoms with van der Waals surface area (Å²) in [6.07, 6.45) is 0. The first-order valence-electron chi connectivity index (χ1n) is 5.53. The Labute approximate surface area is 117 Å². The van der Waals surface area contributed by atoms with Crippen molar-refractivity contribution in [1.82, 2.24) is 10.2 Å². The zero-order chi connectivity index (χ0) is 14.5. The molecule has 0 fully saturated rings. The van der Waals surface area contributed by atoms with Crippen LogP contribution in [0.15, 0.2) is 38.8 Å². The molecular weight excluding hydrogens is 286 g/mol. The topological polar surface area (TPSA) is 108 Å². The van der Waals surface area contributed by atoms with Gasteiger partial charge in [-0.3, -0.25) is 10.1 Å². The van der Waals surface area contributed by atoms with Crippen LogP contribution in [0.4, 0.5) is 5.69 Å². The van der Waals surface area contributed by atoms with Gasteiger partial charge >= 0.3 is 11.9 Å². The number of rotatable bonds is 5. The smallest absolute Gasteiger partial charge is 0.396 e. The largest absolute Gasteiger partial charge is 0.459 e. The average Bonchev–Trinajstić information content (AvgIpc) is 2.88. The van der Waals surface area contributed by atoms with Crippen LogP contribution in [0.1, 0.15) is 17.6 Å². The van der Waals surface area contributed by atoms with E-state index in [1.165, 1.54) is 12.1 Å². The van der Waals surface area contributed by atoms with E-state index >= 15 is 0 Å². The van der Waals surface area contributed by atoms with Crippen LogP contribution in [0.25, 0.3) is 0 Å². The van der Waals surface area contributed by atoms with Gasteiger partial charge in [0, 0.05) is 17.0 Å². The molecule has 8 nitrogen and oxygen atoms in total. The van der Waals surface area contributed by atoms with Gasteiger partial charge in [0.25, 0.3) is 10.9 Å². The number of aromatic nitrogens is 2. The Bertz CT molecular complexity index is 642. The molecule has 0 spiro atoms. The van der Waals surface area contributed by atoms with Gasteiger partial charge in [0.2, 0.25) is 0 Å². The Morgan fingerprint density at radius 1 is 1.50 bits per heavy atom. The maximum absolute atomic E-state index is 11.3. The van der Waals surface area contributed by atoms with E-state index in [4.69, 9.17) is 9.15 Å². The van der Waals surface area contributed by atoms with Gasteiger partial charge in [-0.1, -0.05) is 11.2 Å². The first-order valence-corrected chi connectivity index (χ1v) is 6.34. The second-order valence-electron chi connectivity index (χ2n) is 3.45. The van der Waals surface area contributed by atoms with Crippen molar-refractivity contribution >= 4 is 23.4 Å². The predicted octanol–water partition coefficient (Wildman–Crippen LogP) is 2.31. The van der Waals surface area contributed by atoms with Crippen molar-refractivity contribution in [2.24, 2.45) is 0 Å². The molecule has 104 valence electrons. The Morgan fingerprint density at radius 3 is 3.00 bits per heavy atom. The fourth-order valence-corrected chi connectivity index (χ4v) is 2.02. The highest BCUT2D eigenvalue weighted by Crippen LogP contribution is 2.28. The molecule has 0 saturated carbocycles. The second-order valence-corrected chi connectivity index (χ2v) is 4.47. The first-order chi connectivity index (χ1) is 9.60. The number of nitro benzene ring substituents is 1. The van der Waals surface area contributed by atoms with Crippen molar-refractivity contribution in [2.75, 3.05) is 6.61 Å². The van der Waals surface area contributed by atoms with Crippen molar-refractivity contribution in [3.05, 3.63) is 40.3 Å². The van der Waals surface area contributed by atoms with Crippen molar-refractivity contribution < 1.29 is 18.9 Å². The van der Waals surface area contributed by atoms with E-state index in [1.807, 2.05) is 0 Å². The lowest BCUT2D eigenvalue weighted by Crippen LogP contribution is -2.04. The van der Waals surface area contributed by atoms with E-state index in [2.05, 4.69) is 10.2 Å². The molecule has 20 heavy (non-hydrogen) atoms. The summed E-state index contributed by atoms with van der Waals surface area (Å²) in [6.45, 7) is 1.86. The third kappa shape index (κ3) is 3.32. The summed E-state index contributed by atoms with van der Waals surface area (Å²) in [6, 6.07) is 5.95. The number of nitrogens with zero attached hydrogens (tertiary/aromatic N) is 3. The quantitative estimate of drug-likeness (QED) is 0.469. The number of hydrogen-bond acceptors (Lipinski definition) is 8. The van der Waals surface area contributed by atoms with Crippen LogP contribution < -0.4 is 0 Å². The highest BCUT2D eigenvalue weighted by molar-refractivity contribution is 7.99. The summed E-state index contributed by atoms with van der Waals surface area (Å²) in [5, 5.41) is 18.0. The summed E-state index contributed by atoms with van der Waals surface area (Å²) >= 11 is 1.02. The lowest BCUT2D eigenvalue weighted by molar-refractivity contribution is -0.385. The highest BCUT2D eigenvalue weighted by Gasteiger charge is 2.17. The predicted molar refractivity (Wildman–Crippen MR) is 67.5 cm³/mol. The van der Waals surface area contributed by atoms with Crippen molar-refractivity contribution in [3.8, 4) is 0 Å². The Kier molecular flexibility index (Phi) is 4.31. The van der Waals surface area contributed by atoms with Crippen LogP contribution in [-0.2, 0) is 4.74 Å². The van der Waals surface area contributed by atoms with Crippen LogP contribution >= 0.6 is 11.8 Å². The Balaban J connectivity index is 2.12. The molecule has 1 aromatic carbocycles. The number of esters is 1. The van der Waals surface area contributed by atoms with Gasteiger partial charge in [0.15, 0.2) is 0 Å². The van der Waals surface area contributed by atoms with Gasteiger partial charge in [0.05, 0.1) is 11.5 Å². The van der Waals surface area contributed by atoms with Gasteiger partial charge in [-0.25, -0.2) is 4.79 Å². The molecule has 1 aromatic heterocycles. The van der Waals surface area contributed by atoms with Gasteiger partial charge in [0.1, 0.15) is 0 Å². The molecule has 0 atom stereocenters. The minimum atomic E-state index is -0.703. The summed E-state index contributed by atoms with van der Waals surface area (Å²) in [5.74, 6) is -0.953. The minimum absolute atomic E-state index is 0.0415. The molecule has 0 aliphatic carbocycles. The molecule has 9 heteroatoms. The standard InChI is InChI=1S/C11H9N3O5S/c1-2-18-10(15)9-12-13-11(19-9)20-8-5-3-4-7(6-8)14(16)17/h3-6H,2H2,1H3. The molecule has 2 rings (SSSR count). The van der Waals surface area contributed by atoms with E-state index in [0.717, 1.165) is 11.8 Å². The third-order valence-corrected chi connectivity index (χ3v) is 2.92. The van der Waals surface area contributed by atoms with Crippen LogP contribution in [0, 0.1) is 10.1 Å². The molecule has 1 heterocycles. The molecule has 0 bridgehead atoms. The summed E-state index contributed by atoms with van der Waals surface area (Å²) < 4.78 is 9.81. The highest BCUT2D eigenvalue weighted by atomic mass is 32.2. The van der Waals surface area contributed by atoms with Crippen molar-refractivity contribution in [2.45, 2.75) is 17.0 Å². The Morgan fingerprint density at radius 2 is 2.30 bits per heavy atom. The van der Waals surface area contributed by atoms with Crippen LogP contribution in [0.5, 0.6) is 0 Å². The first kappa shape index (κ1) is 14.0. The van der Waals surface area contributed by atoms with Crippen molar-refractivity contribution in [3.63, 3.8) is 0 Å². The molecule has 0 radical (unpaired) electrons. The number of benzene rings is 1. The molecule has 0 unspecified atom stereocenters. The van der Waals surface area contributed by atoms with Gasteiger partial charge in [-0.2, -0.15) is 0 Å². The molecule has 0 N–H and O–H groups in total. The maximum Gasteiger partial charge on any atom is 0.396 e. The van der Waals surface area contributed by atoms with Crippen molar-refractivity contribution in [1.29, 1.82) is 0 Å². The zero-order valence-electron chi connectivity index (χ0n) is 10.3. The van der Waals surface area contributed by atoms with E-state index in [9.17, 15) is 14.9 Å². The fourth-order valence-electron chi connectivity index (χ4n) is 1.29. The van der Waals surface area contributed by atoms with Crippen LogP contribution in [0.2, 0.25) is 0 Å². The lowest BCUT2D eigenvalue weighted by atomic mass is 10.3. The van der Waals surface area contributed by atoms with E-state index in [0.29, 0.717) is 4.90 Å². The molecule has 0 aliphatic heterocycles. The third-order valence-electron chi connectivity index (χ3n) is 2.09. The number of non-ortho nitro benzene ring substituents is 1. The van der Waals surface area contributed by atoms with E-state index in [-0.39, 0.29) is 23.4 Å². The Hall–Kier alpha value is -2.42. The monoisotopic (exact) mass is 295 g/mol. The number of carbonyl (C=O) groups is 1. The number of hydrogen-bond donors (Lipinski definition) is 0. The van der Waals surface area contributed by atoms with Gasteiger partial charge in [-0.05, 0) is 24.8 Å². The summed E-state index contributed by atoms with van der Waals surface area (Å²) in [4.78, 5) is 22.0. The van der Waals surface area contributed by atoms with Crippen LogP contribution in [0.3, 0.4) is 0 Å². The summed E-state index contributed by atoms with van der Waals surface area (Å²) in [5.41, 5.74) is -0.0415. The minimum Gasteiger partial charge on any atom is -0.459 e. The van der Waals surface area contributed by atoms with Crippen LogP contribution in [-0.4, -0.2) is 27.7 Å². The fraction of sp³-hybridized carbons (Fsp3) is 0.182. The normalized spacial score (nSPS) is 10.2. The van der Waals surface area contributed by atoms with E-state index in [1.54, 1.807) is 19.1 Å². The zero-order valence-corrected chi connectivity index (χ0v) is 11.1. The van der Waals surface area contributed by atoms with Gasteiger partial charge in [-0.15, -0.1) is 5.10 Å². The molecular formula is C11H9N3O5S. The SMILES string of the molecule is CCOC(=O)c1nnc(Sc2cccc([N+](=O)[O-])c2)o1. The lowest BCUT2D eigenvalue weighted by Gasteiger charge is -1.96. The number of carbonyl (C=O) groups excluding carboxylic acids is 1. The molecule has 0 saturated heterocycles. The molecule has 2 aromatic rings. The van der Waals surface area contributed by atoms with Gasteiger partial charge < -0.3 is 9.15 Å².